The number of anilines is 1. The van der Waals surface area contributed by atoms with Gasteiger partial charge in [0.2, 0.25) is 5.91 Å². The molecule has 3 N–H and O–H groups in total. The summed E-state index contributed by atoms with van der Waals surface area (Å²) in [7, 11) is 0. The van der Waals surface area contributed by atoms with Crippen molar-refractivity contribution < 1.29 is 9.72 Å². The molecule has 6 nitrogen and oxygen atoms in total. The molecule has 0 aromatic heterocycles. The first-order valence-electron chi connectivity index (χ1n) is 4.36. The smallest absolute Gasteiger partial charge is 0.269 e. The molecule has 0 bridgehead atoms. The van der Waals surface area contributed by atoms with E-state index in [0.717, 1.165) is 5.69 Å². The Kier molecular flexibility index (Phi) is 3.61. The molecule has 15 heavy (non-hydrogen) atoms. The van der Waals surface area contributed by atoms with Crippen molar-refractivity contribution in [3.05, 3.63) is 34.4 Å². The average Bonchev–Trinajstić information content (AvgIpc) is 2.18. The number of carbonyl (C=O) groups excluding carboxylic acids is 1. The van der Waals surface area contributed by atoms with Gasteiger partial charge in [-0.1, -0.05) is 0 Å². The third-order valence-corrected chi connectivity index (χ3v) is 1.78. The standard InChI is InChI=1S/C9H11N3O3/c10-9(13)5-6-11-7-1-3-8(4-2-7)12(14)15/h1-4,11H,5-6H2,(H2,10,13). The summed E-state index contributed by atoms with van der Waals surface area (Å²) in [6.45, 7) is 0.424. The largest absolute Gasteiger partial charge is 0.385 e. The van der Waals surface area contributed by atoms with E-state index in [9.17, 15) is 14.9 Å². The number of benzene rings is 1. The van der Waals surface area contributed by atoms with E-state index in [1.54, 1.807) is 12.1 Å². The van der Waals surface area contributed by atoms with Crippen molar-refractivity contribution in [2.24, 2.45) is 5.73 Å². The molecule has 0 spiro atoms. The number of amides is 1. The van der Waals surface area contributed by atoms with Crippen molar-refractivity contribution in [3.63, 3.8) is 0 Å². The second-order valence-corrected chi connectivity index (χ2v) is 2.95. The predicted octanol–water partition coefficient (Wildman–Crippen LogP) is 0.882. The molecule has 0 radical (unpaired) electrons. The third kappa shape index (κ3) is 3.63. The lowest BCUT2D eigenvalue weighted by Crippen LogP contribution is -2.15. The Bertz CT molecular complexity index is 361. The lowest BCUT2D eigenvalue weighted by Gasteiger charge is -2.03. The molecule has 0 saturated carbocycles. The number of nitrogens with one attached hydrogen (secondary N) is 1. The fourth-order valence-corrected chi connectivity index (χ4v) is 1.03. The summed E-state index contributed by atoms with van der Waals surface area (Å²) in [5, 5.41) is 13.3. The van der Waals surface area contributed by atoms with Crippen LogP contribution in [-0.4, -0.2) is 17.4 Å². The Morgan fingerprint density at radius 3 is 2.47 bits per heavy atom. The second kappa shape index (κ2) is 4.94. The summed E-state index contributed by atoms with van der Waals surface area (Å²) in [5.74, 6) is -0.385. The second-order valence-electron chi connectivity index (χ2n) is 2.95. The van der Waals surface area contributed by atoms with Gasteiger partial charge in [-0.3, -0.25) is 14.9 Å². The molecule has 1 rings (SSSR count). The molecule has 80 valence electrons. The minimum atomic E-state index is -0.465. The summed E-state index contributed by atoms with van der Waals surface area (Å²) in [5.41, 5.74) is 5.71. The van der Waals surface area contributed by atoms with E-state index in [-0.39, 0.29) is 18.0 Å². The van der Waals surface area contributed by atoms with Gasteiger partial charge in [0.15, 0.2) is 0 Å². The number of nitrogens with two attached hydrogens (primary N) is 1. The van der Waals surface area contributed by atoms with Crippen LogP contribution in [0.25, 0.3) is 0 Å². The third-order valence-electron chi connectivity index (χ3n) is 1.78. The van der Waals surface area contributed by atoms with E-state index in [1.165, 1.54) is 12.1 Å². The van der Waals surface area contributed by atoms with Gasteiger partial charge in [-0.2, -0.15) is 0 Å². The first-order valence-corrected chi connectivity index (χ1v) is 4.36. The van der Waals surface area contributed by atoms with E-state index in [2.05, 4.69) is 5.32 Å². The van der Waals surface area contributed by atoms with E-state index < -0.39 is 4.92 Å². The number of carbonyl (C=O) groups is 1. The van der Waals surface area contributed by atoms with E-state index in [0.29, 0.717) is 6.54 Å². The maximum absolute atomic E-state index is 10.4. The highest BCUT2D eigenvalue weighted by molar-refractivity contribution is 5.74. The highest BCUT2D eigenvalue weighted by Gasteiger charge is 2.03. The molecule has 0 heterocycles. The summed E-state index contributed by atoms with van der Waals surface area (Å²) in [4.78, 5) is 20.3. The van der Waals surface area contributed by atoms with Gasteiger partial charge in [-0.25, -0.2) is 0 Å². The lowest BCUT2D eigenvalue weighted by atomic mass is 10.3. The normalized spacial score (nSPS) is 9.60. The molecular weight excluding hydrogens is 198 g/mol. The van der Waals surface area contributed by atoms with Crippen LogP contribution in [0.15, 0.2) is 24.3 Å². The van der Waals surface area contributed by atoms with Crippen LogP contribution in [0.3, 0.4) is 0 Å². The zero-order valence-electron chi connectivity index (χ0n) is 7.97. The van der Waals surface area contributed by atoms with Crippen molar-refractivity contribution >= 4 is 17.3 Å². The maximum atomic E-state index is 10.4. The molecule has 0 unspecified atom stereocenters. The molecule has 1 aromatic rings. The minimum absolute atomic E-state index is 0.0375. The number of nitro groups is 1. The molecule has 0 atom stereocenters. The molecule has 0 fully saturated rings. The van der Waals surface area contributed by atoms with E-state index in [4.69, 9.17) is 5.73 Å². The van der Waals surface area contributed by atoms with Crippen LogP contribution in [0.5, 0.6) is 0 Å². The quantitative estimate of drug-likeness (QED) is 0.555. The zero-order chi connectivity index (χ0) is 11.3. The summed E-state index contributed by atoms with van der Waals surface area (Å²) >= 11 is 0. The van der Waals surface area contributed by atoms with Crippen LogP contribution in [-0.2, 0) is 4.79 Å². The SMILES string of the molecule is NC(=O)CCNc1ccc([N+](=O)[O-])cc1. The first kappa shape index (κ1) is 11.0. The first-order chi connectivity index (χ1) is 7.09. The van der Waals surface area contributed by atoms with Crippen LogP contribution >= 0.6 is 0 Å². The summed E-state index contributed by atoms with van der Waals surface area (Å²) in [6.07, 6.45) is 0.233. The molecule has 1 aromatic carbocycles. The van der Waals surface area contributed by atoms with Crippen LogP contribution in [0.1, 0.15) is 6.42 Å². The van der Waals surface area contributed by atoms with Gasteiger partial charge in [0.25, 0.3) is 5.69 Å². The Balaban J connectivity index is 2.50. The summed E-state index contributed by atoms with van der Waals surface area (Å²) in [6, 6.07) is 5.96. The van der Waals surface area contributed by atoms with Crippen LogP contribution in [0, 0.1) is 10.1 Å². The minimum Gasteiger partial charge on any atom is -0.385 e. The van der Waals surface area contributed by atoms with Crippen molar-refractivity contribution in [1.29, 1.82) is 0 Å². The highest BCUT2D eigenvalue weighted by atomic mass is 16.6. The van der Waals surface area contributed by atoms with Crippen LogP contribution < -0.4 is 11.1 Å². The van der Waals surface area contributed by atoms with Crippen molar-refractivity contribution in [1.82, 2.24) is 0 Å². The molecule has 6 heteroatoms. The molecule has 0 aliphatic carbocycles. The number of primary amides is 1. The van der Waals surface area contributed by atoms with Gasteiger partial charge < -0.3 is 11.1 Å². The van der Waals surface area contributed by atoms with Gasteiger partial charge >= 0.3 is 0 Å². The van der Waals surface area contributed by atoms with E-state index >= 15 is 0 Å². The molecule has 0 saturated heterocycles. The topological polar surface area (TPSA) is 98.3 Å². The number of rotatable bonds is 5. The lowest BCUT2D eigenvalue weighted by molar-refractivity contribution is -0.384. The fraction of sp³-hybridized carbons (Fsp3) is 0.222. The van der Waals surface area contributed by atoms with E-state index in [1.807, 2.05) is 0 Å². The predicted molar refractivity (Wildman–Crippen MR) is 55.4 cm³/mol. The monoisotopic (exact) mass is 209 g/mol. The molecule has 1 amide bonds. The number of non-ortho nitro benzene ring substituents is 1. The van der Waals surface area contributed by atoms with Crippen molar-refractivity contribution in [3.8, 4) is 0 Å². The van der Waals surface area contributed by atoms with Gasteiger partial charge in [0, 0.05) is 30.8 Å². The van der Waals surface area contributed by atoms with Crippen molar-refractivity contribution in [2.75, 3.05) is 11.9 Å². The maximum Gasteiger partial charge on any atom is 0.269 e. The number of hydrogen-bond acceptors (Lipinski definition) is 4. The van der Waals surface area contributed by atoms with Crippen LogP contribution in [0.4, 0.5) is 11.4 Å². The Morgan fingerprint density at radius 1 is 1.40 bits per heavy atom. The summed E-state index contributed by atoms with van der Waals surface area (Å²) < 4.78 is 0. The number of hydrogen-bond donors (Lipinski definition) is 2. The average molecular weight is 209 g/mol. The number of nitrogens with zero attached hydrogens (tertiary/aromatic N) is 1. The number of nitro benzene ring substituents is 1. The zero-order valence-corrected chi connectivity index (χ0v) is 7.97. The van der Waals surface area contributed by atoms with Gasteiger partial charge in [-0.05, 0) is 12.1 Å². The Morgan fingerprint density at radius 2 is 2.00 bits per heavy atom. The van der Waals surface area contributed by atoms with Gasteiger partial charge in [-0.15, -0.1) is 0 Å². The van der Waals surface area contributed by atoms with Gasteiger partial charge in [0.05, 0.1) is 4.92 Å². The highest BCUT2D eigenvalue weighted by Crippen LogP contribution is 2.14. The molecule has 0 aliphatic heterocycles. The Labute approximate surface area is 86.2 Å². The molecule has 0 aliphatic rings. The Hall–Kier alpha value is -2.11. The van der Waals surface area contributed by atoms with Gasteiger partial charge in [0.1, 0.15) is 0 Å². The molecular formula is C9H11N3O3. The van der Waals surface area contributed by atoms with Crippen LogP contribution in [0.2, 0.25) is 0 Å². The van der Waals surface area contributed by atoms with Crippen molar-refractivity contribution in [2.45, 2.75) is 6.42 Å². The fourth-order valence-electron chi connectivity index (χ4n) is 1.03.